The van der Waals surface area contributed by atoms with Crippen molar-refractivity contribution in [3.8, 4) is 0 Å². The number of nitrogens with one attached hydrogen (secondary N) is 2. The third kappa shape index (κ3) is 3.89. The van der Waals surface area contributed by atoms with Crippen LogP contribution in [0.25, 0.3) is 0 Å². The van der Waals surface area contributed by atoms with Gasteiger partial charge in [-0.3, -0.25) is 19.7 Å². The summed E-state index contributed by atoms with van der Waals surface area (Å²) in [6.45, 7) is 2.97. The van der Waals surface area contributed by atoms with E-state index in [1.165, 1.54) is 19.9 Å². The number of anilines is 1. The van der Waals surface area contributed by atoms with Gasteiger partial charge in [0.25, 0.3) is 5.91 Å². The van der Waals surface area contributed by atoms with Gasteiger partial charge >= 0.3 is 0 Å². The van der Waals surface area contributed by atoms with Crippen LogP contribution in [0.5, 0.6) is 0 Å². The first-order chi connectivity index (χ1) is 8.40. The minimum atomic E-state index is -0.500. The van der Waals surface area contributed by atoms with Gasteiger partial charge in [-0.2, -0.15) is 0 Å². The molecule has 1 rings (SSSR count). The van der Waals surface area contributed by atoms with Gasteiger partial charge in [0, 0.05) is 31.6 Å². The highest BCUT2D eigenvalue weighted by Gasteiger charge is 2.09. The molecule has 1 aromatic rings. The first-order valence-corrected chi connectivity index (χ1v) is 5.35. The Kier molecular flexibility index (Phi) is 4.42. The number of hydrogen-bond acceptors (Lipinski definition) is 4. The van der Waals surface area contributed by atoms with E-state index in [2.05, 4.69) is 10.6 Å². The summed E-state index contributed by atoms with van der Waals surface area (Å²) < 4.78 is 0. The van der Waals surface area contributed by atoms with E-state index in [0.717, 1.165) is 0 Å². The summed E-state index contributed by atoms with van der Waals surface area (Å²) in [6, 6.07) is 4.65. The van der Waals surface area contributed by atoms with Crippen LogP contribution in [0.4, 0.5) is 5.69 Å². The number of benzene rings is 1. The zero-order chi connectivity index (χ0) is 13.7. The van der Waals surface area contributed by atoms with Gasteiger partial charge < -0.3 is 11.1 Å². The minimum Gasteiger partial charge on any atom is -0.398 e. The molecule has 0 aliphatic carbocycles. The molecule has 0 spiro atoms. The van der Waals surface area contributed by atoms with Crippen LogP contribution in [0.2, 0.25) is 0 Å². The van der Waals surface area contributed by atoms with E-state index in [0.29, 0.717) is 23.4 Å². The van der Waals surface area contributed by atoms with Crippen molar-refractivity contribution in [2.45, 2.75) is 20.4 Å². The summed E-state index contributed by atoms with van der Waals surface area (Å²) in [7, 11) is 0. The Balaban J connectivity index is 2.81. The first kappa shape index (κ1) is 13.7. The van der Waals surface area contributed by atoms with Gasteiger partial charge in [0.2, 0.25) is 11.8 Å². The molecule has 96 valence electrons. The van der Waals surface area contributed by atoms with Crippen LogP contribution in [0, 0.1) is 0 Å². The summed E-state index contributed by atoms with van der Waals surface area (Å²) in [6.07, 6.45) is 0. The van der Waals surface area contributed by atoms with E-state index in [-0.39, 0.29) is 5.91 Å². The number of nitrogens with two attached hydrogens (primary N) is 1. The SMILES string of the molecule is CC(=O)NCc1ccc(C(=O)NC(C)=O)cc1N. The molecular weight excluding hydrogens is 234 g/mol. The van der Waals surface area contributed by atoms with Crippen LogP contribution >= 0.6 is 0 Å². The van der Waals surface area contributed by atoms with Crippen molar-refractivity contribution in [3.05, 3.63) is 29.3 Å². The molecule has 0 heterocycles. The largest absolute Gasteiger partial charge is 0.398 e. The fourth-order valence-corrected chi connectivity index (χ4v) is 1.35. The molecule has 0 radical (unpaired) electrons. The fraction of sp³-hybridized carbons (Fsp3) is 0.250. The zero-order valence-electron chi connectivity index (χ0n) is 10.2. The van der Waals surface area contributed by atoms with Gasteiger partial charge in [0.15, 0.2) is 0 Å². The Morgan fingerprint density at radius 3 is 2.33 bits per heavy atom. The monoisotopic (exact) mass is 249 g/mol. The minimum absolute atomic E-state index is 0.159. The second-order valence-electron chi connectivity index (χ2n) is 3.83. The number of carbonyl (C=O) groups excluding carboxylic acids is 3. The maximum Gasteiger partial charge on any atom is 0.257 e. The maximum absolute atomic E-state index is 11.5. The summed E-state index contributed by atoms with van der Waals surface area (Å²) in [5, 5.41) is 4.76. The molecule has 0 fully saturated rings. The van der Waals surface area contributed by atoms with Crippen LogP contribution in [0.1, 0.15) is 29.8 Å². The Bertz CT molecular complexity index is 497. The van der Waals surface area contributed by atoms with Gasteiger partial charge in [-0.05, 0) is 17.7 Å². The van der Waals surface area contributed by atoms with Crippen molar-refractivity contribution in [1.82, 2.24) is 10.6 Å². The van der Waals surface area contributed by atoms with Gasteiger partial charge in [-0.25, -0.2) is 0 Å². The molecule has 0 atom stereocenters. The number of hydrogen-bond donors (Lipinski definition) is 3. The molecule has 3 amide bonds. The molecule has 0 aliphatic heterocycles. The summed E-state index contributed by atoms with van der Waals surface area (Å²) in [5.41, 5.74) is 7.16. The number of imide groups is 1. The zero-order valence-corrected chi connectivity index (χ0v) is 10.2. The van der Waals surface area contributed by atoms with Crippen molar-refractivity contribution in [1.29, 1.82) is 0 Å². The lowest BCUT2D eigenvalue weighted by atomic mass is 10.1. The van der Waals surface area contributed by atoms with Crippen molar-refractivity contribution in [2.75, 3.05) is 5.73 Å². The van der Waals surface area contributed by atoms with E-state index in [1.807, 2.05) is 0 Å². The third-order valence-electron chi connectivity index (χ3n) is 2.23. The van der Waals surface area contributed by atoms with Crippen LogP contribution in [0.3, 0.4) is 0 Å². The standard InChI is InChI=1S/C12H15N3O3/c1-7(16)14-6-10-4-3-9(5-11(10)13)12(18)15-8(2)17/h3-5H,6,13H2,1-2H3,(H,14,16)(H,15,17,18). The van der Waals surface area contributed by atoms with E-state index in [1.54, 1.807) is 12.1 Å². The lowest BCUT2D eigenvalue weighted by molar-refractivity contribution is -0.119. The van der Waals surface area contributed by atoms with Crippen molar-refractivity contribution in [3.63, 3.8) is 0 Å². The number of amides is 3. The average Bonchev–Trinajstić information content (AvgIpc) is 2.26. The molecule has 0 aliphatic rings. The van der Waals surface area contributed by atoms with E-state index < -0.39 is 11.8 Å². The number of nitrogen functional groups attached to an aromatic ring is 1. The lowest BCUT2D eigenvalue weighted by Gasteiger charge is -2.08. The summed E-state index contributed by atoms with van der Waals surface area (Å²) in [5.74, 6) is -1.09. The van der Waals surface area contributed by atoms with Gasteiger partial charge in [0.05, 0.1) is 0 Å². The van der Waals surface area contributed by atoms with Crippen LogP contribution < -0.4 is 16.4 Å². The predicted molar refractivity (Wildman–Crippen MR) is 66.5 cm³/mol. The Hall–Kier alpha value is -2.37. The van der Waals surface area contributed by atoms with Gasteiger partial charge in [-0.15, -0.1) is 0 Å². The normalized spacial score (nSPS) is 9.67. The van der Waals surface area contributed by atoms with Crippen LogP contribution in [-0.2, 0) is 16.1 Å². The molecule has 0 unspecified atom stereocenters. The summed E-state index contributed by atoms with van der Waals surface area (Å²) >= 11 is 0. The van der Waals surface area contributed by atoms with Gasteiger partial charge in [0.1, 0.15) is 0 Å². The van der Waals surface area contributed by atoms with Crippen LogP contribution in [-0.4, -0.2) is 17.7 Å². The molecule has 0 bridgehead atoms. The topological polar surface area (TPSA) is 101 Å². The predicted octanol–water partition coefficient (Wildman–Crippen LogP) is 0.181. The number of carbonyl (C=O) groups is 3. The highest BCUT2D eigenvalue weighted by atomic mass is 16.2. The van der Waals surface area contributed by atoms with Crippen molar-refractivity contribution in [2.24, 2.45) is 0 Å². The van der Waals surface area contributed by atoms with Crippen molar-refractivity contribution >= 4 is 23.4 Å². The quantitative estimate of drug-likeness (QED) is 0.665. The molecule has 0 aromatic heterocycles. The van der Waals surface area contributed by atoms with Gasteiger partial charge in [-0.1, -0.05) is 6.07 Å². The Morgan fingerprint density at radius 1 is 1.17 bits per heavy atom. The second kappa shape index (κ2) is 5.81. The van der Waals surface area contributed by atoms with E-state index >= 15 is 0 Å². The molecule has 4 N–H and O–H groups in total. The fourth-order valence-electron chi connectivity index (χ4n) is 1.35. The lowest BCUT2D eigenvalue weighted by Crippen LogP contribution is -2.28. The summed E-state index contributed by atoms with van der Waals surface area (Å²) in [4.78, 5) is 33.0. The molecular formula is C12H15N3O3. The van der Waals surface area contributed by atoms with E-state index in [9.17, 15) is 14.4 Å². The first-order valence-electron chi connectivity index (χ1n) is 5.35. The highest BCUT2D eigenvalue weighted by Crippen LogP contribution is 2.14. The van der Waals surface area contributed by atoms with Crippen LogP contribution in [0.15, 0.2) is 18.2 Å². The third-order valence-corrected chi connectivity index (χ3v) is 2.23. The molecule has 0 saturated carbocycles. The molecule has 6 heteroatoms. The van der Waals surface area contributed by atoms with E-state index in [4.69, 9.17) is 5.73 Å². The average molecular weight is 249 g/mol. The molecule has 0 saturated heterocycles. The Morgan fingerprint density at radius 2 is 1.83 bits per heavy atom. The molecule has 6 nitrogen and oxygen atoms in total. The highest BCUT2D eigenvalue weighted by molar-refractivity contribution is 6.04. The Labute approximate surface area is 105 Å². The number of rotatable bonds is 3. The molecule has 18 heavy (non-hydrogen) atoms. The maximum atomic E-state index is 11.5. The molecule has 1 aromatic carbocycles. The smallest absolute Gasteiger partial charge is 0.257 e. The second-order valence-corrected chi connectivity index (χ2v) is 3.83. The van der Waals surface area contributed by atoms with Crippen molar-refractivity contribution < 1.29 is 14.4 Å².